The smallest absolute Gasteiger partial charge is 0.146 e. The van der Waals surface area contributed by atoms with E-state index >= 15 is 0 Å². The molecular weight excluding hydrogens is 306 g/mol. The van der Waals surface area contributed by atoms with Crippen molar-refractivity contribution in [1.82, 2.24) is 14.5 Å². The van der Waals surface area contributed by atoms with E-state index in [4.69, 9.17) is 16.3 Å². The van der Waals surface area contributed by atoms with Gasteiger partial charge in [-0.15, -0.1) is 22.9 Å². The molecule has 0 saturated carbocycles. The van der Waals surface area contributed by atoms with E-state index < -0.39 is 0 Å². The highest BCUT2D eigenvalue weighted by Crippen LogP contribution is 2.30. The molecule has 0 aliphatic carbocycles. The van der Waals surface area contributed by atoms with Gasteiger partial charge in [-0.25, -0.2) is 9.97 Å². The highest BCUT2D eigenvalue weighted by atomic mass is 35.5. The van der Waals surface area contributed by atoms with Crippen LogP contribution in [0.1, 0.15) is 23.1 Å². The van der Waals surface area contributed by atoms with E-state index in [1.165, 1.54) is 0 Å². The van der Waals surface area contributed by atoms with Crippen molar-refractivity contribution in [3.05, 3.63) is 40.6 Å². The first kappa shape index (κ1) is 14.4. The molecule has 0 fully saturated rings. The number of para-hydroxylation sites is 1. The third kappa shape index (κ3) is 2.76. The Bertz CT molecular complexity index is 737. The van der Waals surface area contributed by atoms with Gasteiger partial charge in [0.15, 0.2) is 0 Å². The van der Waals surface area contributed by atoms with E-state index in [2.05, 4.69) is 20.6 Å². The van der Waals surface area contributed by atoms with Gasteiger partial charge in [-0.2, -0.15) is 0 Å². The number of aromatic nitrogens is 3. The molecule has 21 heavy (non-hydrogen) atoms. The summed E-state index contributed by atoms with van der Waals surface area (Å²) in [5, 5.41) is 2.96. The minimum atomic E-state index is -0.154. The molecule has 3 rings (SSSR count). The zero-order chi connectivity index (χ0) is 14.8. The molecule has 4 nitrogen and oxygen atoms in total. The molecule has 0 spiro atoms. The van der Waals surface area contributed by atoms with Gasteiger partial charge in [0.25, 0.3) is 0 Å². The summed E-state index contributed by atoms with van der Waals surface area (Å²) in [6, 6.07) is 5.95. The number of methoxy groups -OCH3 is 1. The molecular formula is C15H16ClN3OS. The quantitative estimate of drug-likeness (QED) is 0.666. The van der Waals surface area contributed by atoms with Crippen LogP contribution >= 0.6 is 22.9 Å². The predicted octanol–water partition coefficient (Wildman–Crippen LogP) is 4.04. The summed E-state index contributed by atoms with van der Waals surface area (Å²) < 4.78 is 7.56. The zero-order valence-corrected chi connectivity index (χ0v) is 13.5. The Balaban J connectivity index is 2.03. The van der Waals surface area contributed by atoms with Gasteiger partial charge in [0, 0.05) is 24.5 Å². The average Bonchev–Trinajstić information content (AvgIpc) is 3.11. The molecule has 0 radical (unpaired) electrons. The number of aryl methyl sites for hydroxylation is 2. The van der Waals surface area contributed by atoms with Crippen LogP contribution in [-0.4, -0.2) is 21.6 Å². The maximum atomic E-state index is 6.30. The second kappa shape index (κ2) is 6.03. The summed E-state index contributed by atoms with van der Waals surface area (Å²) in [5.74, 6) is 1.65. The van der Waals surface area contributed by atoms with Gasteiger partial charge in [-0.05, 0) is 19.1 Å². The van der Waals surface area contributed by atoms with Crippen LogP contribution in [0.5, 0.6) is 5.75 Å². The lowest BCUT2D eigenvalue weighted by Crippen LogP contribution is -2.06. The molecule has 2 heterocycles. The standard InChI is InChI=1S/C15H16ClN3OS/c1-10(16)15-18-14-11(4-3-5-12(14)20-2)19(15)8-6-13-17-7-9-21-13/h3-5,7,9-10H,6,8H2,1-2H3. The SMILES string of the molecule is COc1cccc2c1nc(C(C)Cl)n2CCc1nccs1. The van der Waals surface area contributed by atoms with Gasteiger partial charge in [0.05, 0.1) is 23.0 Å². The van der Waals surface area contributed by atoms with Crippen molar-refractivity contribution < 1.29 is 4.74 Å². The van der Waals surface area contributed by atoms with Crippen LogP contribution in [0.3, 0.4) is 0 Å². The number of hydrogen-bond acceptors (Lipinski definition) is 4. The van der Waals surface area contributed by atoms with Crippen molar-refractivity contribution in [2.24, 2.45) is 0 Å². The number of imidazole rings is 1. The molecule has 1 unspecified atom stereocenters. The lowest BCUT2D eigenvalue weighted by molar-refractivity contribution is 0.419. The second-order valence-electron chi connectivity index (χ2n) is 4.74. The number of rotatable bonds is 5. The molecule has 2 aromatic heterocycles. The highest BCUT2D eigenvalue weighted by Gasteiger charge is 2.17. The van der Waals surface area contributed by atoms with Gasteiger partial charge >= 0.3 is 0 Å². The summed E-state index contributed by atoms with van der Waals surface area (Å²) in [6.07, 6.45) is 2.71. The van der Waals surface area contributed by atoms with Crippen molar-refractivity contribution in [2.75, 3.05) is 7.11 Å². The highest BCUT2D eigenvalue weighted by molar-refractivity contribution is 7.09. The van der Waals surface area contributed by atoms with E-state index in [0.29, 0.717) is 0 Å². The van der Waals surface area contributed by atoms with Crippen molar-refractivity contribution in [3.63, 3.8) is 0 Å². The van der Waals surface area contributed by atoms with E-state index in [1.807, 2.05) is 30.6 Å². The lowest BCUT2D eigenvalue weighted by Gasteiger charge is -2.09. The maximum Gasteiger partial charge on any atom is 0.146 e. The Labute approximate surface area is 132 Å². The van der Waals surface area contributed by atoms with Gasteiger partial charge < -0.3 is 9.30 Å². The lowest BCUT2D eigenvalue weighted by atomic mass is 10.3. The number of alkyl halides is 1. The molecule has 1 atom stereocenters. The summed E-state index contributed by atoms with van der Waals surface area (Å²) in [4.78, 5) is 9.00. The van der Waals surface area contributed by atoms with Crippen LogP contribution in [0.25, 0.3) is 11.0 Å². The number of thiazole rings is 1. The fraction of sp³-hybridized carbons (Fsp3) is 0.333. The number of ether oxygens (including phenoxy) is 1. The third-order valence-electron chi connectivity index (χ3n) is 3.38. The molecule has 0 aliphatic rings. The number of benzene rings is 1. The van der Waals surface area contributed by atoms with Crippen molar-refractivity contribution in [2.45, 2.75) is 25.3 Å². The summed E-state index contributed by atoms with van der Waals surface area (Å²) in [5.41, 5.74) is 1.91. The third-order valence-corrected chi connectivity index (χ3v) is 4.41. The van der Waals surface area contributed by atoms with E-state index in [0.717, 1.165) is 40.6 Å². The van der Waals surface area contributed by atoms with Gasteiger partial charge in [-0.3, -0.25) is 0 Å². The van der Waals surface area contributed by atoms with Crippen molar-refractivity contribution in [3.8, 4) is 5.75 Å². The number of fused-ring (bicyclic) bond motifs is 1. The first-order chi connectivity index (χ1) is 10.2. The van der Waals surface area contributed by atoms with Gasteiger partial charge in [0.2, 0.25) is 0 Å². The van der Waals surface area contributed by atoms with E-state index in [1.54, 1.807) is 18.4 Å². The predicted molar refractivity (Wildman–Crippen MR) is 86.4 cm³/mol. The fourth-order valence-electron chi connectivity index (χ4n) is 2.43. The molecule has 0 N–H and O–H groups in total. The van der Waals surface area contributed by atoms with E-state index in [-0.39, 0.29) is 5.38 Å². The normalized spacial score (nSPS) is 12.7. The van der Waals surface area contributed by atoms with Crippen molar-refractivity contribution in [1.29, 1.82) is 0 Å². The van der Waals surface area contributed by atoms with Crippen LogP contribution in [0, 0.1) is 0 Å². The molecule has 110 valence electrons. The monoisotopic (exact) mass is 321 g/mol. The van der Waals surface area contributed by atoms with Crippen LogP contribution < -0.4 is 4.74 Å². The minimum Gasteiger partial charge on any atom is -0.494 e. The van der Waals surface area contributed by atoms with Gasteiger partial charge in [-0.1, -0.05) is 6.07 Å². The molecule has 0 saturated heterocycles. The topological polar surface area (TPSA) is 39.9 Å². The molecule has 0 bridgehead atoms. The Hall–Kier alpha value is -1.59. The summed E-state index contributed by atoms with van der Waals surface area (Å²) in [6.45, 7) is 2.75. The molecule has 0 amide bonds. The van der Waals surface area contributed by atoms with E-state index in [9.17, 15) is 0 Å². The summed E-state index contributed by atoms with van der Waals surface area (Å²) >= 11 is 7.97. The number of halogens is 1. The minimum absolute atomic E-state index is 0.154. The first-order valence-electron chi connectivity index (χ1n) is 6.76. The summed E-state index contributed by atoms with van der Waals surface area (Å²) in [7, 11) is 1.66. The Morgan fingerprint density at radius 3 is 2.95 bits per heavy atom. The van der Waals surface area contributed by atoms with Crippen LogP contribution in [-0.2, 0) is 13.0 Å². The van der Waals surface area contributed by atoms with Gasteiger partial charge in [0.1, 0.15) is 17.1 Å². The zero-order valence-electron chi connectivity index (χ0n) is 11.9. The van der Waals surface area contributed by atoms with Crippen LogP contribution in [0.4, 0.5) is 0 Å². The molecule has 6 heteroatoms. The number of hydrogen-bond donors (Lipinski definition) is 0. The molecule has 0 aliphatic heterocycles. The Morgan fingerprint density at radius 1 is 1.43 bits per heavy atom. The second-order valence-corrected chi connectivity index (χ2v) is 6.38. The Morgan fingerprint density at radius 2 is 2.29 bits per heavy atom. The van der Waals surface area contributed by atoms with Crippen LogP contribution in [0.15, 0.2) is 29.8 Å². The molecule has 1 aromatic carbocycles. The maximum absolute atomic E-state index is 6.30. The van der Waals surface area contributed by atoms with Crippen molar-refractivity contribution >= 4 is 34.0 Å². The number of nitrogens with zero attached hydrogens (tertiary/aromatic N) is 3. The Kier molecular flexibility index (Phi) is 4.12. The largest absolute Gasteiger partial charge is 0.494 e. The fourth-order valence-corrected chi connectivity index (χ4v) is 3.20. The van der Waals surface area contributed by atoms with Crippen LogP contribution in [0.2, 0.25) is 0 Å². The average molecular weight is 322 g/mol. The first-order valence-corrected chi connectivity index (χ1v) is 8.08. The molecule has 3 aromatic rings.